The Kier molecular flexibility index (Phi) is 6.64. The van der Waals surface area contributed by atoms with Crippen LogP contribution < -0.4 is 15.0 Å². The molecule has 0 bridgehead atoms. The Morgan fingerprint density at radius 2 is 1.76 bits per heavy atom. The first-order valence-corrected chi connectivity index (χ1v) is 9.43. The highest BCUT2D eigenvalue weighted by Crippen LogP contribution is 2.29. The van der Waals surface area contributed by atoms with Crippen LogP contribution in [0, 0.1) is 0 Å². The van der Waals surface area contributed by atoms with Crippen LogP contribution in [0.1, 0.15) is 15.9 Å². The number of anilines is 1. The molecule has 8 heteroatoms. The van der Waals surface area contributed by atoms with Gasteiger partial charge in [0, 0.05) is 50.5 Å². The smallest absolute Gasteiger partial charge is 0.416 e. The first kappa shape index (κ1) is 21.0. The summed E-state index contributed by atoms with van der Waals surface area (Å²) < 4.78 is 43.5. The van der Waals surface area contributed by atoms with E-state index < -0.39 is 17.6 Å². The molecule has 156 valence electrons. The molecular weight excluding hydrogens is 383 g/mol. The summed E-state index contributed by atoms with van der Waals surface area (Å²) in [6.07, 6.45) is -4.46. The molecule has 5 nitrogen and oxygen atoms in total. The van der Waals surface area contributed by atoms with E-state index in [2.05, 4.69) is 15.1 Å². The van der Waals surface area contributed by atoms with Crippen LogP contribution in [0.4, 0.5) is 18.9 Å². The topological polar surface area (TPSA) is 44.8 Å². The van der Waals surface area contributed by atoms with E-state index >= 15 is 0 Å². The van der Waals surface area contributed by atoms with Crippen molar-refractivity contribution in [2.75, 3.05) is 51.3 Å². The number of ether oxygens (including phenoxy) is 1. The molecule has 2 aromatic rings. The number of hydrogen-bond acceptors (Lipinski definition) is 4. The minimum atomic E-state index is -4.46. The van der Waals surface area contributed by atoms with Crippen molar-refractivity contribution in [3.8, 4) is 5.75 Å². The third kappa shape index (κ3) is 5.63. The van der Waals surface area contributed by atoms with E-state index in [4.69, 9.17) is 4.74 Å². The first-order valence-electron chi connectivity index (χ1n) is 9.43. The van der Waals surface area contributed by atoms with Crippen LogP contribution in [-0.4, -0.2) is 57.2 Å². The van der Waals surface area contributed by atoms with E-state index in [1.807, 2.05) is 24.3 Å². The average molecular weight is 407 g/mol. The molecule has 0 radical (unpaired) electrons. The average Bonchev–Trinajstić information content (AvgIpc) is 2.74. The molecule has 0 aliphatic carbocycles. The quantitative estimate of drug-likeness (QED) is 0.799. The number of rotatable bonds is 6. The number of piperazine rings is 1. The van der Waals surface area contributed by atoms with Gasteiger partial charge in [0.2, 0.25) is 0 Å². The maximum atomic E-state index is 12.8. The number of benzene rings is 2. The maximum absolute atomic E-state index is 12.8. The highest BCUT2D eigenvalue weighted by Gasteiger charge is 2.30. The van der Waals surface area contributed by atoms with Crippen molar-refractivity contribution in [3.05, 3.63) is 59.7 Å². The lowest BCUT2D eigenvalue weighted by Crippen LogP contribution is -2.48. The third-order valence-electron chi connectivity index (χ3n) is 4.98. The van der Waals surface area contributed by atoms with Crippen molar-refractivity contribution in [3.63, 3.8) is 0 Å². The summed E-state index contributed by atoms with van der Waals surface area (Å²) in [6, 6.07) is 12.4. The van der Waals surface area contributed by atoms with Gasteiger partial charge in [-0.15, -0.1) is 0 Å². The van der Waals surface area contributed by atoms with Gasteiger partial charge in [-0.05, 0) is 42.5 Å². The second-order valence-electron chi connectivity index (χ2n) is 6.86. The van der Waals surface area contributed by atoms with Gasteiger partial charge in [-0.1, -0.05) is 6.07 Å². The van der Waals surface area contributed by atoms with Crippen LogP contribution in [0.2, 0.25) is 0 Å². The predicted octanol–water partition coefficient (Wildman–Crippen LogP) is 3.27. The SMILES string of the molecule is COc1ccc(N2CCN(CCNC(=O)c3cccc(C(F)(F)F)c3)CC2)cc1. The number of amides is 1. The summed E-state index contributed by atoms with van der Waals surface area (Å²) in [5, 5.41) is 2.71. The second kappa shape index (κ2) is 9.17. The number of halogens is 3. The Morgan fingerprint density at radius 1 is 1.07 bits per heavy atom. The van der Waals surface area contributed by atoms with Gasteiger partial charge in [0.25, 0.3) is 5.91 Å². The molecular formula is C21H24F3N3O2. The van der Waals surface area contributed by atoms with Crippen molar-refractivity contribution < 1.29 is 22.7 Å². The molecule has 0 unspecified atom stereocenters. The lowest BCUT2D eigenvalue weighted by molar-refractivity contribution is -0.137. The minimum Gasteiger partial charge on any atom is -0.497 e. The molecule has 0 spiro atoms. The van der Waals surface area contributed by atoms with E-state index in [0.29, 0.717) is 13.1 Å². The fourth-order valence-electron chi connectivity index (χ4n) is 3.29. The highest BCUT2D eigenvalue weighted by molar-refractivity contribution is 5.94. The molecule has 2 aromatic carbocycles. The molecule has 1 heterocycles. The van der Waals surface area contributed by atoms with Gasteiger partial charge in [-0.2, -0.15) is 13.2 Å². The van der Waals surface area contributed by atoms with E-state index in [-0.39, 0.29) is 5.56 Å². The number of carbonyl (C=O) groups excluding carboxylic acids is 1. The largest absolute Gasteiger partial charge is 0.497 e. The summed E-state index contributed by atoms with van der Waals surface area (Å²) in [5.41, 5.74) is 0.340. The van der Waals surface area contributed by atoms with Gasteiger partial charge in [0.15, 0.2) is 0 Å². The first-order chi connectivity index (χ1) is 13.9. The number of hydrogen-bond donors (Lipinski definition) is 1. The van der Waals surface area contributed by atoms with Crippen LogP contribution in [0.25, 0.3) is 0 Å². The molecule has 1 aliphatic rings. The van der Waals surface area contributed by atoms with Crippen LogP contribution >= 0.6 is 0 Å². The molecule has 3 rings (SSSR count). The van der Waals surface area contributed by atoms with E-state index in [9.17, 15) is 18.0 Å². The molecule has 1 saturated heterocycles. The number of carbonyl (C=O) groups is 1. The molecule has 1 N–H and O–H groups in total. The zero-order valence-corrected chi connectivity index (χ0v) is 16.2. The minimum absolute atomic E-state index is 0.0177. The Morgan fingerprint density at radius 3 is 2.38 bits per heavy atom. The Hall–Kier alpha value is -2.74. The standard InChI is InChI=1S/C21H24F3N3O2/c1-29-19-7-5-18(6-8-19)27-13-11-26(12-14-27)10-9-25-20(28)16-3-2-4-17(15-16)21(22,23)24/h2-8,15H,9-14H2,1H3,(H,25,28). The molecule has 29 heavy (non-hydrogen) atoms. The fourth-order valence-corrected chi connectivity index (χ4v) is 3.29. The van der Waals surface area contributed by atoms with Crippen LogP contribution in [0.3, 0.4) is 0 Å². The zero-order chi connectivity index (χ0) is 20.9. The highest BCUT2D eigenvalue weighted by atomic mass is 19.4. The molecule has 0 atom stereocenters. The molecule has 1 aliphatic heterocycles. The maximum Gasteiger partial charge on any atom is 0.416 e. The molecule has 1 amide bonds. The number of nitrogens with one attached hydrogen (secondary N) is 1. The van der Waals surface area contributed by atoms with Crippen molar-refractivity contribution in [1.29, 1.82) is 0 Å². The van der Waals surface area contributed by atoms with Crippen molar-refractivity contribution in [1.82, 2.24) is 10.2 Å². The van der Waals surface area contributed by atoms with E-state index in [1.54, 1.807) is 7.11 Å². The van der Waals surface area contributed by atoms with Gasteiger partial charge in [-0.25, -0.2) is 0 Å². The van der Waals surface area contributed by atoms with Crippen molar-refractivity contribution in [2.45, 2.75) is 6.18 Å². The number of nitrogens with zero attached hydrogens (tertiary/aromatic N) is 2. The van der Waals surface area contributed by atoms with E-state index in [1.165, 1.54) is 12.1 Å². The summed E-state index contributed by atoms with van der Waals surface area (Å²) in [5.74, 6) is 0.330. The summed E-state index contributed by atoms with van der Waals surface area (Å²) >= 11 is 0. The summed E-state index contributed by atoms with van der Waals surface area (Å²) in [4.78, 5) is 16.7. The van der Waals surface area contributed by atoms with Crippen molar-refractivity contribution in [2.24, 2.45) is 0 Å². The number of alkyl halides is 3. The van der Waals surface area contributed by atoms with Crippen LogP contribution in [0.15, 0.2) is 48.5 Å². The van der Waals surface area contributed by atoms with Crippen molar-refractivity contribution >= 4 is 11.6 Å². The third-order valence-corrected chi connectivity index (χ3v) is 4.98. The Labute approximate surface area is 168 Å². The lowest BCUT2D eigenvalue weighted by Gasteiger charge is -2.36. The van der Waals surface area contributed by atoms with Crippen LogP contribution in [0.5, 0.6) is 5.75 Å². The zero-order valence-electron chi connectivity index (χ0n) is 16.2. The molecule has 1 fully saturated rings. The molecule has 0 aromatic heterocycles. The molecule has 0 saturated carbocycles. The fraction of sp³-hybridized carbons (Fsp3) is 0.381. The van der Waals surface area contributed by atoms with Gasteiger partial charge < -0.3 is 15.0 Å². The van der Waals surface area contributed by atoms with Gasteiger partial charge in [0.05, 0.1) is 12.7 Å². The Bertz CT molecular complexity index is 817. The van der Waals surface area contributed by atoms with Gasteiger partial charge in [-0.3, -0.25) is 9.69 Å². The van der Waals surface area contributed by atoms with E-state index in [0.717, 1.165) is 49.7 Å². The van der Waals surface area contributed by atoms with Gasteiger partial charge in [0.1, 0.15) is 5.75 Å². The summed E-state index contributed by atoms with van der Waals surface area (Å²) in [7, 11) is 1.64. The number of methoxy groups -OCH3 is 1. The van der Waals surface area contributed by atoms with Gasteiger partial charge >= 0.3 is 6.18 Å². The van der Waals surface area contributed by atoms with Crippen LogP contribution in [-0.2, 0) is 6.18 Å². The monoisotopic (exact) mass is 407 g/mol. The summed E-state index contributed by atoms with van der Waals surface area (Å²) in [6.45, 7) is 4.48. The normalized spacial score (nSPS) is 15.2. The Balaban J connectivity index is 1.43. The predicted molar refractivity (Wildman–Crippen MR) is 105 cm³/mol. The lowest BCUT2D eigenvalue weighted by atomic mass is 10.1. The second-order valence-corrected chi connectivity index (χ2v) is 6.86.